The molecule has 1 saturated carbocycles. The van der Waals surface area contributed by atoms with Crippen LogP contribution < -0.4 is 5.32 Å². The molecule has 0 heterocycles. The third kappa shape index (κ3) is 3.16. The first kappa shape index (κ1) is 14.1. The van der Waals surface area contributed by atoms with Crippen molar-refractivity contribution in [3.05, 3.63) is 34.9 Å². The normalized spacial score (nSPS) is 16.9. The largest absolute Gasteiger partial charge is 0.481 e. The van der Waals surface area contributed by atoms with E-state index < -0.39 is 11.4 Å². The van der Waals surface area contributed by atoms with E-state index in [0.717, 1.165) is 32.2 Å². The molecule has 0 bridgehead atoms. The Bertz CT molecular complexity index is 464. The molecule has 3 nitrogen and oxygen atoms in total. The summed E-state index contributed by atoms with van der Waals surface area (Å²) in [6.45, 7) is 5.68. The topological polar surface area (TPSA) is 49.3 Å². The predicted molar refractivity (Wildman–Crippen MR) is 76.4 cm³/mol. The monoisotopic (exact) mass is 261 g/mol. The Morgan fingerprint density at radius 3 is 2.63 bits per heavy atom. The van der Waals surface area contributed by atoms with Gasteiger partial charge >= 0.3 is 5.97 Å². The van der Waals surface area contributed by atoms with Crippen LogP contribution in [0.5, 0.6) is 0 Å². The van der Waals surface area contributed by atoms with Crippen LogP contribution in [-0.2, 0) is 11.2 Å². The third-order valence-corrected chi connectivity index (χ3v) is 4.30. The lowest BCUT2D eigenvalue weighted by Crippen LogP contribution is -2.46. The van der Waals surface area contributed by atoms with Gasteiger partial charge in [0.1, 0.15) is 0 Å². The number of carboxylic acids is 1. The number of aliphatic carboxylic acids is 1. The Morgan fingerprint density at radius 2 is 2.11 bits per heavy atom. The predicted octanol–water partition coefficient (Wildman–Crippen LogP) is 2.69. The highest BCUT2D eigenvalue weighted by Crippen LogP contribution is 2.40. The lowest BCUT2D eigenvalue weighted by molar-refractivity contribution is -0.154. The van der Waals surface area contributed by atoms with Crippen molar-refractivity contribution in [1.29, 1.82) is 0 Å². The lowest BCUT2D eigenvalue weighted by Gasteiger charge is -2.37. The number of rotatable bonds is 6. The molecule has 1 aliphatic rings. The quantitative estimate of drug-likeness (QED) is 0.774. The minimum atomic E-state index is -0.641. The second-order valence-electron chi connectivity index (χ2n) is 5.80. The summed E-state index contributed by atoms with van der Waals surface area (Å²) < 4.78 is 0. The van der Waals surface area contributed by atoms with Crippen LogP contribution >= 0.6 is 0 Å². The molecule has 2 rings (SSSR count). The highest BCUT2D eigenvalue weighted by molar-refractivity contribution is 5.76. The summed E-state index contributed by atoms with van der Waals surface area (Å²) in [6, 6.07) is 6.50. The average molecular weight is 261 g/mol. The van der Waals surface area contributed by atoms with Crippen molar-refractivity contribution in [2.75, 3.05) is 13.1 Å². The number of nitrogens with one attached hydrogen (secondary N) is 1. The fraction of sp³-hybridized carbons (Fsp3) is 0.562. The van der Waals surface area contributed by atoms with Crippen molar-refractivity contribution >= 4 is 5.97 Å². The highest BCUT2D eigenvalue weighted by atomic mass is 16.4. The van der Waals surface area contributed by atoms with Gasteiger partial charge in [-0.15, -0.1) is 0 Å². The molecule has 0 saturated heterocycles. The molecule has 0 atom stereocenters. The maximum Gasteiger partial charge on any atom is 0.310 e. The number of aryl methyl sites for hydroxylation is 2. The molecule has 0 unspecified atom stereocenters. The Hall–Kier alpha value is -1.35. The van der Waals surface area contributed by atoms with Crippen LogP contribution in [0.3, 0.4) is 0 Å². The van der Waals surface area contributed by atoms with Gasteiger partial charge in [0.05, 0.1) is 5.41 Å². The molecule has 19 heavy (non-hydrogen) atoms. The Labute approximate surface area is 115 Å². The Balaban J connectivity index is 1.79. The SMILES string of the molecule is Cc1ccc(CCNCC2(C(=O)O)CCC2)c(C)c1. The van der Waals surface area contributed by atoms with Crippen LogP contribution in [-0.4, -0.2) is 24.2 Å². The standard InChI is InChI=1S/C16H23NO2/c1-12-4-5-14(13(2)10-12)6-9-17-11-16(15(18)19)7-3-8-16/h4-5,10,17H,3,6-9,11H2,1-2H3,(H,18,19). The minimum absolute atomic E-state index is 0.484. The van der Waals surface area contributed by atoms with Gasteiger partial charge in [0.25, 0.3) is 0 Å². The van der Waals surface area contributed by atoms with E-state index in [1.54, 1.807) is 0 Å². The first-order valence-corrected chi connectivity index (χ1v) is 7.04. The number of benzene rings is 1. The van der Waals surface area contributed by atoms with Gasteiger partial charge in [-0.25, -0.2) is 0 Å². The fourth-order valence-electron chi connectivity index (χ4n) is 2.75. The smallest absolute Gasteiger partial charge is 0.310 e. The van der Waals surface area contributed by atoms with Crippen LogP contribution in [0.1, 0.15) is 36.0 Å². The molecule has 2 N–H and O–H groups in total. The number of carbonyl (C=O) groups is 1. The molecule has 0 aliphatic heterocycles. The van der Waals surface area contributed by atoms with E-state index >= 15 is 0 Å². The van der Waals surface area contributed by atoms with E-state index in [9.17, 15) is 9.90 Å². The number of hydrogen-bond donors (Lipinski definition) is 2. The molecular formula is C16H23NO2. The van der Waals surface area contributed by atoms with Crippen LogP contribution in [0, 0.1) is 19.3 Å². The summed E-state index contributed by atoms with van der Waals surface area (Å²) in [7, 11) is 0. The second-order valence-corrected chi connectivity index (χ2v) is 5.80. The molecule has 1 fully saturated rings. The third-order valence-electron chi connectivity index (χ3n) is 4.30. The van der Waals surface area contributed by atoms with Crippen molar-refractivity contribution < 1.29 is 9.90 Å². The minimum Gasteiger partial charge on any atom is -0.481 e. The summed E-state index contributed by atoms with van der Waals surface area (Å²) in [6.07, 6.45) is 3.64. The van der Waals surface area contributed by atoms with Crippen molar-refractivity contribution in [2.45, 2.75) is 39.5 Å². The van der Waals surface area contributed by atoms with Crippen LogP contribution in [0.15, 0.2) is 18.2 Å². The van der Waals surface area contributed by atoms with E-state index in [4.69, 9.17) is 0 Å². The summed E-state index contributed by atoms with van der Waals surface area (Å²) in [5.74, 6) is -0.641. The second kappa shape index (κ2) is 5.74. The molecule has 1 aromatic rings. The summed E-state index contributed by atoms with van der Waals surface area (Å²) in [4.78, 5) is 11.2. The van der Waals surface area contributed by atoms with Crippen molar-refractivity contribution in [3.63, 3.8) is 0 Å². The molecular weight excluding hydrogens is 238 g/mol. The van der Waals surface area contributed by atoms with Crippen LogP contribution in [0.25, 0.3) is 0 Å². The molecule has 0 amide bonds. The van der Waals surface area contributed by atoms with E-state index in [1.165, 1.54) is 16.7 Å². The van der Waals surface area contributed by atoms with Gasteiger partial charge in [-0.1, -0.05) is 30.2 Å². The van der Waals surface area contributed by atoms with Crippen LogP contribution in [0.4, 0.5) is 0 Å². The van der Waals surface area contributed by atoms with E-state index in [0.29, 0.717) is 6.54 Å². The lowest BCUT2D eigenvalue weighted by atomic mass is 9.69. The van der Waals surface area contributed by atoms with Gasteiger partial charge in [-0.3, -0.25) is 4.79 Å². The summed E-state index contributed by atoms with van der Waals surface area (Å²) in [5, 5.41) is 12.6. The van der Waals surface area contributed by atoms with E-state index in [-0.39, 0.29) is 0 Å². The highest BCUT2D eigenvalue weighted by Gasteiger charge is 2.43. The maximum atomic E-state index is 11.2. The van der Waals surface area contributed by atoms with Crippen LogP contribution in [0.2, 0.25) is 0 Å². The summed E-state index contributed by atoms with van der Waals surface area (Å²) in [5.41, 5.74) is 3.46. The number of carboxylic acid groups (broad SMARTS) is 1. The first-order valence-electron chi connectivity index (χ1n) is 7.04. The van der Waals surface area contributed by atoms with Gasteiger partial charge in [0, 0.05) is 6.54 Å². The molecule has 0 radical (unpaired) electrons. The summed E-state index contributed by atoms with van der Waals surface area (Å²) >= 11 is 0. The molecule has 3 heteroatoms. The Morgan fingerprint density at radius 1 is 1.37 bits per heavy atom. The first-order chi connectivity index (χ1) is 9.03. The van der Waals surface area contributed by atoms with E-state index in [2.05, 4.69) is 37.4 Å². The van der Waals surface area contributed by atoms with Gasteiger partial charge < -0.3 is 10.4 Å². The Kier molecular flexibility index (Phi) is 4.25. The van der Waals surface area contributed by atoms with Gasteiger partial charge in [-0.2, -0.15) is 0 Å². The fourth-order valence-corrected chi connectivity index (χ4v) is 2.75. The zero-order valence-electron chi connectivity index (χ0n) is 11.8. The van der Waals surface area contributed by atoms with E-state index in [1.807, 2.05) is 0 Å². The number of hydrogen-bond acceptors (Lipinski definition) is 2. The zero-order chi connectivity index (χ0) is 13.9. The molecule has 0 spiro atoms. The zero-order valence-corrected chi connectivity index (χ0v) is 11.8. The van der Waals surface area contributed by atoms with Crippen molar-refractivity contribution in [3.8, 4) is 0 Å². The molecule has 1 aromatic carbocycles. The maximum absolute atomic E-state index is 11.2. The van der Waals surface area contributed by atoms with Gasteiger partial charge in [0.2, 0.25) is 0 Å². The van der Waals surface area contributed by atoms with Crippen molar-refractivity contribution in [1.82, 2.24) is 5.32 Å². The van der Waals surface area contributed by atoms with Gasteiger partial charge in [-0.05, 0) is 50.8 Å². The van der Waals surface area contributed by atoms with Gasteiger partial charge in [0.15, 0.2) is 0 Å². The average Bonchev–Trinajstić information content (AvgIpc) is 2.28. The molecule has 0 aromatic heterocycles. The molecule has 104 valence electrons. The molecule has 1 aliphatic carbocycles. The van der Waals surface area contributed by atoms with Crippen molar-refractivity contribution in [2.24, 2.45) is 5.41 Å².